The molecule has 0 spiro atoms. The number of aromatic amines is 1. The van der Waals surface area contributed by atoms with E-state index in [-0.39, 0.29) is 99.6 Å². The van der Waals surface area contributed by atoms with E-state index in [0.717, 1.165) is 43.5 Å². The molecule has 0 saturated carbocycles. The van der Waals surface area contributed by atoms with E-state index in [1.165, 1.54) is 44.4 Å². The molecule has 5 aromatic rings. The molecule has 0 unspecified atom stereocenters. The summed E-state index contributed by atoms with van der Waals surface area (Å²) in [6.45, 7) is 4.64. The summed E-state index contributed by atoms with van der Waals surface area (Å²) in [6.07, 6.45) is -2.55. The Morgan fingerprint density at radius 3 is 1.83 bits per heavy atom. The Morgan fingerprint density at radius 1 is 0.645 bits per heavy atom. The number of benzene rings is 4. The molecule has 10 amide bonds. The summed E-state index contributed by atoms with van der Waals surface area (Å²) in [7, 11) is 2.64. The number of aromatic nitrogens is 1. The number of phenolic OH excluding ortho intramolecular Hbond substituents is 1. The number of carboxylic acid groups (broad SMARTS) is 2. The third-order valence-corrected chi connectivity index (χ3v) is 19.5. The second-order valence-electron chi connectivity index (χ2n) is 27.3. The number of aldehydes is 1. The molecule has 107 heavy (non-hydrogen) atoms. The van der Waals surface area contributed by atoms with Crippen LogP contribution >= 0.6 is 11.8 Å². The van der Waals surface area contributed by atoms with E-state index in [2.05, 4.69) is 36.9 Å². The van der Waals surface area contributed by atoms with Crippen molar-refractivity contribution in [2.75, 3.05) is 45.2 Å². The van der Waals surface area contributed by atoms with Crippen LogP contribution in [-0.2, 0) is 88.0 Å². The summed E-state index contributed by atoms with van der Waals surface area (Å²) < 4.78 is 29.2. The van der Waals surface area contributed by atoms with Gasteiger partial charge in [0.25, 0.3) is 0 Å². The highest BCUT2D eigenvalue weighted by molar-refractivity contribution is 7.99. The number of likely N-dealkylation sites (N-methyl/N-ethyl adjacent to an activating group) is 2. The van der Waals surface area contributed by atoms with Gasteiger partial charge in [-0.1, -0.05) is 100 Å². The van der Waals surface area contributed by atoms with Crippen molar-refractivity contribution in [1.82, 2.24) is 56.5 Å². The molecule has 578 valence electrons. The van der Waals surface area contributed by atoms with Crippen LogP contribution in [0.4, 0.5) is 8.78 Å². The van der Waals surface area contributed by atoms with Crippen molar-refractivity contribution in [3.63, 3.8) is 0 Å². The number of carbonyl (C=O) groups excluding carboxylic acids is 11. The summed E-state index contributed by atoms with van der Waals surface area (Å²) >= 11 is 1.02. The van der Waals surface area contributed by atoms with Crippen molar-refractivity contribution in [3.05, 3.63) is 137 Å². The minimum Gasteiger partial charge on any atom is -0.508 e. The molecule has 0 bridgehead atoms. The molecular formula is C74H94F2N12O18S. The molecule has 3 heterocycles. The molecule has 33 heteroatoms. The van der Waals surface area contributed by atoms with Gasteiger partial charge in [0.1, 0.15) is 60.4 Å². The lowest BCUT2D eigenvalue weighted by Crippen LogP contribution is -2.59. The first kappa shape index (κ1) is 83.9. The summed E-state index contributed by atoms with van der Waals surface area (Å²) in [5, 5.41) is 66.9. The highest BCUT2D eigenvalue weighted by Gasteiger charge is 2.46. The van der Waals surface area contributed by atoms with Gasteiger partial charge in [0.2, 0.25) is 59.1 Å². The first-order valence-electron chi connectivity index (χ1n) is 35.2. The number of fused-ring (bicyclic) bond motifs is 1. The maximum atomic E-state index is 15.2. The molecule has 2 saturated heterocycles. The average molecular weight is 1510 g/mol. The van der Waals surface area contributed by atoms with Crippen LogP contribution in [0.3, 0.4) is 0 Å². The van der Waals surface area contributed by atoms with Crippen LogP contribution in [0, 0.1) is 17.6 Å². The van der Waals surface area contributed by atoms with Gasteiger partial charge in [-0.15, -0.1) is 0 Å². The summed E-state index contributed by atoms with van der Waals surface area (Å²) in [5.74, 6) is -14.0. The number of phenols is 1. The Balaban J connectivity index is 1.05. The van der Waals surface area contributed by atoms with Crippen molar-refractivity contribution < 1.29 is 96.6 Å². The number of halogens is 2. The fraction of sp³-hybridized carbons (Fsp3) is 0.473. The monoisotopic (exact) mass is 1510 g/mol. The number of hydrogen-bond acceptors (Lipinski definition) is 18. The lowest BCUT2D eigenvalue weighted by atomic mass is 9.99. The minimum atomic E-state index is -1.56. The van der Waals surface area contributed by atoms with Crippen LogP contribution in [0.15, 0.2) is 103 Å². The maximum absolute atomic E-state index is 15.2. The molecule has 4 aromatic carbocycles. The minimum absolute atomic E-state index is 0.0430. The largest absolute Gasteiger partial charge is 0.508 e. The van der Waals surface area contributed by atoms with Crippen molar-refractivity contribution in [2.24, 2.45) is 11.7 Å². The van der Waals surface area contributed by atoms with Crippen molar-refractivity contribution in [1.29, 1.82) is 0 Å². The number of thioether (sulfide) groups is 1. The number of likely N-dealkylation sites (tertiary alicyclic amines) is 2. The summed E-state index contributed by atoms with van der Waals surface area (Å²) in [6, 6.07) is 10.1. The number of rotatable bonds is 39. The van der Waals surface area contributed by atoms with Crippen LogP contribution in [0.2, 0.25) is 0 Å². The SMILES string of the molecule is CCCC[C@@H](C(=O)N1C[C@H](O)C[C@@H]1C(=O)N[C@H](C=O)CC(=O)O)N(C)C(=O)[C@H](Cc1ccccc1)N(C)C(=O)[C@H](Cc1ccc(F)c(F)c1)NC(=O)CSCCNC(=O)[C@H](CC(C)C)NC(=O)[C@H](Cc1ccc(O)cc1)NC(=O)[C@H](Cc1c[nH]c2ccccc12)NC(=O)[C@H]1C[C@@H](O)CN1C(=O)[C@@H](N)CC(=O)O. The lowest BCUT2D eigenvalue weighted by Gasteiger charge is -2.37. The second-order valence-corrected chi connectivity index (χ2v) is 28.4. The number of nitrogens with zero attached hydrogens (tertiary/aromatic N) is 4. The van der Waals surface area contributed by atoms with E-state index in [1.807, 2.05) is 6.92 Å². The maximum Gasteiger partial charge on any atom is 0.305 e. The molecule has 2 aliphatic rings. The van der Waals surface area contributed by atoms with Crippen LogP contribution in [0.5, 0.6) is 5.75 Å². The molecule has 30 nitrogen and oxygen atoms in total. The highest BCUT2D eigenvalue weighted by atomic mass is 32.2. The second kappa shape index (κ2) is 39.8. The van der Waals surface area contributed by atoms with Gasteiger partial charge in [0, 0.05) is 95.1 Å². The van der Waals surface area contributed by atoms with Crippen molar-refractivity contribution in [3.8, 4) is 5.75 Å². The van der Waals surface area contributed by atoms with Gasteiger partial charge >= 0.3 is 11.9 Å². The van der Waals surface area contributed by atoms with Crippen molar-refractivity contribution >= 4 is 100.0 Å². The van der Waals surface area contributed by atoms with Crippen LogP contribution in [0.25, 0.3) is 10.9 Å². The average Bonchev–Trinajstić information content (AvgIpc) is 1.76. The number of β-amino-alcohol motifs (C(OH)–C–C–N with tert-alkyl or cyclic N) is 2. The Bertz CT molecular complexity index is 3990. The van der Waals surface area contributed by atoms with E-state index in [1.54, 1.807) is 74.6 Å². The normalized spacial score (nSPS) is 17.8. The third kappa shape index (κ3) is 24.1. The molecule has 2 aliphatic heterocycles. The van der Waals surface area contributed by atoms with E-state index in [9.17, 15) is 87.1 Å². The summed E-state index contributed by atoms with van der Waals surface area (Å²) in [5.41, 5.74) is 8.26. The predicted molar refractivity (Wildman–Crippen MR) is 387 cm³/mol. The van der Waals surface area contributed by atoms with Crippen molar-refractivity contribution in [2.45, 2.75) is 170 Å². The standard InChI is InChI=1S/C74H94F2N12O18S/c1-6-7-17-59(74(106)88-38-49(92)33-60(88)69(101)80-46(39-89)32-64(94)95)85(4)73(105)62(30-42-13-9-8-10-14-42)86(5)72(104)58(29-44-20-23-51(75)52(76)27-44)81-63(93)40-107-25-24-78-66(98)55(26-41(2)3)82-67(99)56(28-43-18-21-47(90)22-19-43)83-68(100)57(31-45-36-79-54-16-12-11-15-50(45)54)84-70(102)61-34-48(91)37-87(61)71(103)53(77)35-65(96)97/h8-16,18-23,27,36,39,41,46,48-49,53,55-62,79,90-92H,6-7,17,24-26,28-35,37-38,40,77H2,1-5H3,(H,78,98)(H,80,101)(H,81,93)(H,82,99)(H,83,100)(H,84,102)(H,94,95)(H,96,97)/t46-,48+,49+,53-,55-,56-,57-,58-,59-,60+,61+,62-/m0/s1. The molecule has 2 fully saturated rings. The first-order valence-corrected chi connectivity index (χ1v) is 36.3. The topological polar surface area (TPSA) is 450 Å². The molecule has 0 aliphatic carbocycles. The zero-order valence-electron chi connectivity index (χ0n) is 60.0. The summed E-state index contributed by atoms with van der Waals surface area (Å²) in [4.78, 5) is 186. The number of H-pyrrole nitrogens is 1. The number of nitrogens with one attached hydrogen (secondary N) is 7. The quantitative estimate of drug-likeness (QED) is 0.0193. The van der Waals surface area contributed by atoms with E-state index in [4.69, 9.17) is 5.73 Å². The van der Waals surface area contributed by atoms with Gasteiger partial charge in [-0.05, 0) is 71.3 Å². The Kier molecular flexibility index (Phi) is 31.2. The smallest absolute Gasteiger partial charge is 0.305 e. The fourth-order valence-corrected chi connectivity index (χ4v) is 13.6. The van der Waals surface area contributed by atoms with Gasteiger partial charge in [-0.3, -0.25) is 57.5 Å². The number of amides is 10. The number of para-hydroxylation sites is 1. The molecule has 7 rings (SSSR count). The number of nitrogens with two attached hydrogens (primary N) is 1. The Morgan fingerprint density at radius 2 is 1.21 bits per heavy atom. The number of unbranched alkanes of at least 4 members (excludes halogenated alkanes) is 1. The Labute approximate surface area is 620 Å². The number of aliphatic hydroxyl groups is 2. The number of carboxylic acids is 2. The number of aromatic hydroxyl groups is 1. The van der Waals surface area contributed by atoms with E-state index >= 15 is 9.59 Å². The fourth-order valence-electron chi connectivity index (χ4n) is 13.0. The number of aliphatic hydroxyl groups excluding tert-OH is 2. The number of carbonyl (C=O) groups is 13. The molecule has 14 N–H and O–H groups in total. The Hall–Kier alpha value is -10.4. The molecule has 0 radical (unpaired) electrons. The first-order chi connectivity index (χ1) is 50.8. The van der Waals surface area contributed by atoms with Gasteiger partial charge in [0.15, 0.2) is 11.6 Å². The van der Waals surface area contributed by atoms with Gasteiger partial charge in [-0.25, -0.2) is 8.78 Å². The van der Waals surface area contributed by atoms with E-state index < -0.39 is 175 Å². The van der Waals surface area contributed by atoms with Crippen LogP contribution < -0.4 is 37.6 Å². The lowest BCUT2D eigenvalue weighted by molar-refractivity contribution is -0.152. The number of hydrogen-bond donors (Lipinski definition) is 13. The molecular weight excluding hydrogens is 1410 g/mol. The third-order valence-electron chi connectivity index (χ3n) is 18.5. The van der Waals surface area contributed by atoms with Gasteiger partial charge in [0.05, 0.1) is 42.9 Å². The zero-order chi connectivity index (χ0) is 78.3. The highest BCUT2D eigenvalue weighted by Crippen LogP contribution is 2.27. The van der Waals surface area contributed by atoms with E-state index in [0.29, 0.717) is 40.4 Å². The molecule has 1 aromatic heterocycles. The predicted octanol–water partition coefficient (Wildman–Crippen LogP) is 0.985. The molecule has 12 atom stereocenters. The van der Waals surface area contributed by atoms with Gasteiger partial charge < -0.3 is 92.5 Å². The number of aliphatic carboxylic acids is 2. The van der Waals surface area contributed by atoms with Crippen LogP contribution in [-0.4, -0.2) is 245 Å². The zero-order valence-corrected chi connectivity index (χ0v) is 60.8. The van der Waals surface area contributed by atoms with Crippen LogP contribution in [0.1, 0.15) is 94.4 Å². The van der Waals surface area contributed by atoms with Gasteiger partial charge in [-0.2, -0.15) is 11.8 Å².